The lowest BCUT2D eigenvalue weighted by Gasteiger charge is -2.34. The Morgan fingerprint density at radius 1 is 1.09 bits per heavy atom. The third-order valence-corrected chi connectivity index (χ3v) is 5.70. The first-order valence-electron chi connectivity index (χ1n) is 10.4. The standard InChI is InChI=1S/C25H26O7/c1-12(2)5-6-14-23-13(7-8-25(3,4)32-23)21(29)20-22(30)16(11-31-24(14)20)15-9-18(27)19(28)10-17(15)26/h5,7-10,16,26-29H,6,11H2,1-4H3/t16-/m1/s1. The fourth-order valence-electron chi connectivity index (χ4n) is 4.01. The second kappa shape index (κ2) is 7.51. The summed E-state index contributed by atoms with van der Waals surface area (Å²) in [6.45, 7) is 7.62. The number of phenols is 4. The number of ether oxygens (including phenoxy) is 2. The molecule has 2 heterocycles. The summed E-state index contributed by atoms with van der Waals surface area (Å²) in [7, 11) is 0. The summed E-state index contributed by atoms with van der Waals surface area (Å²) >= 11 is 0. The van der Waals surface area contributed by atoms with Crippen LogP contribution in [0.4, 0.5) is 0 Å². The molecule has 32 heavy (non-hydrogen) atoms. The van der Waals surface area contributed by atoms with Gasteiger partial charge in [-0.3, -0.25) is 4.79 Å². The molecule has 0 aromatic heterocycles. The molecule has 2 aliphatic rings. The van der Waals surface area contributed by atoms with Crippen LogP contribution < -0.4 is 9.47 Å². The molecule has 0 saturated carbocycles. The summed E-state index contributed by atoms with van der Waals surface area (Å²) in [4.78, 5) is 13.5. The molecule has 7 heteroatoms. The first-order valence-corrected chi connectivity index (χ1v) is 10.4. The molecule has 0 spiro atoms. The first-order chi connectivity index (χ1) is 15.0. The zero-order valence-electron chi connectivity index (χ0n) is 18.4. The number of aromatic hydroxyl groups is 4. The molecule has 0 saturated heterocycles. The molecule has 0 unspecified atom stereocenters. The average Bonchev–Trinajstić information content (AvgIpc) is 2.70. The summed E-state index contributed by atoms with van der Waals surface area (Å²) in [6.07, 6.45) is 5.98. The molecule has 0 fully saturated rings. The van der Waals surface area contributed by atoms with Crippen molar-refractivity contribution in [3.63, 3.8) is 0 Å². The Bertz CT molecular complexity index is 1180. The van der Waals surface area contributed by atoms with E-state index in [-0.39, 0.29) is 35.0 Å². The quantitative estimate of drug-likeness (QED) is 0.315. The number of Topliss-reactive ketones (excluding diaryl/α,β-unsaturated/α-hetero) is 1. The zero-order valence-corrected chi connectivity index (χ0v) is 18.4. The van der Waals surface area contributed by atoms with Gasteiger partial charge in [-0.05, 0) is 52.3 Å². The maximum absolute atomic E-state index is 13.5. The zero-order chi connectivity index (χ0) is 23.4. The van der Waals surface area contributed by atoms with E-state index in [4.69, 9.17) is 9.47 Å². The number of carbonyl (C=O) groups excluding carboxylic acids is 1. The second-order valence-corrected chi connectivity index (χ2v) is 8.93. The maximum Gasteiger partial charge on any atom is 0.181 e. The van der Waals surface area contributed by atoms with Crippen molar-refractivity contribution in [3.05, 3.63) is 52.1 Å². The van der Waals surface area contributed by atoms with E-state index >= 15 is 0 Å². The minimum atomic E-state index is -0.973. The van der Waals surface area contributed by atoms with Crippen LogP contribution >= 0.6 is 0 Å². The van der Waals surface area contributed by atoms with E-state index in [0.717, 1.165) is 17.7 Å². The highest BCUT2D eigenvalue weighted by Gasteiger charge is 2.40. The Morgan fingerprint density at radius 2 is 1.78 bits per heavy atom. The van der Waals surface area contributed by atoms with Crippen molar-refractivity contribution in [2.75, 3.05) is 6.61 Å². The molecule has 2 aliphatic heterocycles. The van der Waals surface area contributed by atoms with Gasteiger partial charge in [-0.15, -0.1) is 0 Å². The number of ketones is 1. The molecular weight excluding hydrogens is 412 g/mol. The maximum atomic E-state index is 13.5. The Kier molecular flexibility index (Phi) is 5.07. The second-order valence-electron chi connectivity index (χ2n) is 8.93. The lowest BCUT2D eigenvalue weighted by atomic mass is 9.84. The lowest BCUT2D eigenvalue weighted by molar-refractivity contribution is 0.0886. The van der Waals surface area contributed by atoms with Crippen LogP contribution in [-0.4, -0.2) is 38.4 Å². The lowest BCUT2D eigenvalue weighted by Crippen LogP contribution is -2.31. The Hall–Kier alpha value is -3.61. The summed E-state index contributed by atoms with van der Waals surface area (Å²) in [5.41, 5.74) is 1.66. The molecule has 2 aromatic rings. The Balaban J connectivity index is 1.90. The van der Waals surface area contributed by atoms with Gasteiger partial charge < -0.3 is 29.9 Å². The van der Waals surface area contributed by atoms with Crippen LogP contribution in [0.1, 0.15) is 60.7 Å². The summed E-state index contributed by atoms with van der Waals surface area (Å²) < 4.78 is 12.2. The molecule has 0 radical (unpaired) electrons. The van der Waals surface area contributed by atoms with Crippen molar-refractivity contribution in [1.29, 1.82) is 0 Å². The fourth-order valence-corrected chi connectivity index (χ4v) is 4.01. The van der Waals surface area contributed by atoms with E-state index in [2.05, 4.69) is 0 Å². The Labute approximate surface area is 185 Å². The third-order valence-electron chi connectivity index (χ3n) is 5.70. The molecule has 4 rings (SSSR count). The fraction of sp³-hybridized carbons (Fsp3) is 0.320. The summed E-state index contributed by atoms with van der Waals surface area (Å²) in [5.74, 6) is -2.26. The summed E-state index contributed by atoms with van der Waals surface area (Å²) in [6, 6.07) is 2.10. The van der Waals surface area contributed by atoms with Gasteiger partial charge >= 0.3 is 0 Å². The van der Waals surface area contributed by atoms with Crippen molar-refractivity contribution in [2.45, 2.75) is 45.6 Å². The van der Waals surface area contributed by atoms with E-state index in [1.165, 1.54) is 0 Å². The van der Waals surface area contributed by atoms with Gasteiger partial charge in [-0.1, -0.05) is 11.6 Å². The van der Waals surface area contributed by atoms with Crippen LogP contribution in [0.2, 0.25) is 0 Å². The number of rotatable bonds is 3. The van der Waals surface area contributed by atoms with Gasteiger partial charge in [0.15, 0.2) is 17.3 Å². The van der Waals surface area contributed by atoms with E-state index in [1.54, 1.807) is 6.08 Å². The first kappa shape index (κ1) is 21.6. The molecule has 1 atom stereocenters. The highest BCUT2D eigenvalue weighted by Crippen LogP contribution is 2.51. The number of fused-ring (bicyclic) bond motifs is 2. The minimum absolute atomic E-state index is 0.0112. The van der Waals surface area contributed by atoms with Gasteiger partial charge in [0.05, 0.1) is 11.5 Å². The largest absolute Gasteiger partial charge is 0.507 e. The molecule has 7 nitrogen and oxygen atoms in total. The van der Waals surface area contributed by atoms with Gasteiger partial charge in [0.2, 0.25) is 0 Å². The molecule has 0 aliphatic carbocycles. The van der Waals surface area contributed by atoms with Crippen molar-refractivity contribution in [1.82, 2.24) is 0 Å². The number of hydrogen-bond acceptors (Lipinski definition) is 7. The van der Waals surface area contributed by atoms with Gasteiger partial charge in [-0.25, -0.2) is 0 Å². The molecule has 0 amide bonds. The Morgan fingerprint density at radius 3 is 2.47 bits per heavy atom. The molecule has 168 valence electrons. The highest BCUT2D eigenvalue weighted by atomic mass is 16.5. The molecular formula is C25H26O7. The number of phenolic OH excluding ortho intramolecular Hbond substituents is 4. The van der Waals surface area contributed by atoms with Crippen molar-refractivity contribution < 1.29 is 34.7 Å². The van der Waals surface area contributed by atoms with Crippen LogP contribution in [0.5, 0.6) is 34.5 Å². The van der Waals surface area contributed by atoms with Gasteiger partial charge in [0.25, 0.3) is 0 Å². The van der Waals surface area contributed by atoms with E-state index in [1.807, 2.05) is 39.8 Å². The monoisotopic (exact) mass is 438 g/mol. The van der Waals surface area contributed by atoms with Crippen LogP contribution in [0.15, 0.2) is 29.9 Å². The summed E-state index contributed by atoms with van der Waals surface area (Å²) in [5, 5.41) is 40.8. The predicted molar refractivity (Wildman–Crippen MR) is 119 cm³/mol. The smallest absolute Gasteiger partial charge is 0.181 e. The van der Waals surface area contributed by atoms with E-state index in [9.17, 15) is 25.2 Å². The predicted octanol–water partition coefficient (Wildman–Crippen LogP) is 4.56. The van der Waals surface area contributed by atoms with Crippen LogP contribution in [0, 0.1) is 0 Å². The molecule has 0 bridgehead atoms. The minimum Gasteiger partial charge on any atom is -0.507 e. The number of hydrogen-bond donors (Lipinski definition) is 4. The van der Waals surface area contributed by atoms with Crippen molar-refractivity contribution in [2.24, 2.45) is 0 Å². The van der Waals surface area contributed by atoms with Gasteiger partial charge in [0, 0.05) is 17.2 Å². The number of allylic oxidation sites excluding steroid dienone is 2. The SMILES string of the molecule is CC(C)=CCc1c2c(c(O)c3c1OC[C@H](c1cc(O)c(O)cc1O)C3=O)C=CC(C)(C)O2. The number of benzene rings is 2. The van der Waals surface area contributed by atoms with Crippen molar-refractivity contribution in [3.8, 4) is 34.5 Å². The average molecular weight is 438 g/mol. The van der Waals surface area contributed by atoms with E-state index < -0.39 is 28.8 Å². The van der Waals surface area contributed by atoms with Crippen LogP contribution in [0.3, 0.4) is 0 Å². The van der Waals surface area contributed by atoms with Crippen LogP contribution in [0.25, 0.3) is 6.08 Å². The van der Waals surface area contributed by atoms with E-state index in [0.29, 0.717) is 23.3 Å². The molecule has 2 aromatic carbocycles. The van der Waals surface area contributed by atoms with Gasteiger partial charge in [0.1, 0.15) is 40.8 Å². The molecule has 4 N–H and O–H groups in total. The number of carbonyl (C=O) groups is 1. The highest BCUT2D eigenvalue weighted by molar-refractivity contribution is 6.08. The topological polar surface area (TPSA) is 116 Å². The normalized spacial score (nSPS) is 18.2. The third kappa shape index (κ3) is 3.53. The van der Waals surface area contributed by atoms with Crippen molar-refractivity contribution >= 4 is 11.9 Å². The van der Waals surface area contributed by atoms with Gasteiger partial charge in [-0.2, -0.15) is 0 Å². The van der Waals surface area contributed by atoms with Crippen LogP contribution in [-0.2, 0) is 6.42 Å².